The van der Waals surface area contributed by atoms with Crippen LogP contribution >= 0.6 is 0 Å². The zero-order valence-electron chi connectivity index (χ0n) is 13.0. The lowest BCUT2D eigenvalue weighted by molar-refractivity contribution is -0.149. The Morgan fingerprint density at radius 1 is 1.22 bits per heavy atom. The minimum Gasteiger partial charge on any atom is -0.481 e. The summed E-state index contributed by atoms with van der Waals surface area (Å²) in [6.07, 6.45) is 2.85. The Balaban J connectivity index is 4.91. The molecule has 3 nitrogen and oxygen atoms in total. The highest BCUT2D eigenvalue weighted by molar-refractivity contribution is 5.74. The van der Waals surface area contributed by atoms with Crippen LogP contribution in [0, 0.1) is 11.3 Å². The summed E-state index contributed by atoms with van der Waals surface area (Å²) in [6.45, 7) is 14.2. The lowest BCUT2D eigenvalue weighted by Crippen LogP contribution is -2.46. The van der Waals surface area contributed by atoms with Crippen molar-refractivity contribution in [2.45, 2.75) is 66.8 Å². The topological polar surface area (TPSA) is 40.5 Å². The fourth-order valence-corrected chi connectivity index (χ4v) is 2.40. The highest BCUT2D eigenvalue weighted by Gasteiger charge is 2.34. The first-order chi connectivity index (χ1) is 8.30. The lowest BCUT2D eigenvalue weighted by atomic mass is 9.86. The Morgan fingerprint density at radius 2 is 1.72 bits per heavy atom. The number of nitrogens with zero attached hydrogens (tertiary/aromatic N) is 1. The molecule has 18 heavy (non-hydrogen) atoms. The molecule has 108 valence electrons. The molecule has 0 saturated heterocycles. The van der Waals surface area contributed by atoms with Crippen molar-refractivity contribution >= 4 is 5.97 Å². The van der Waals surface area contributed by atoms with E-state index in [-0.39, 0.29) is 0 Å². The maximum atomic E-state index is 11.4. The minimum absolute atomic E-state index is 0.498. The van der Waals surface area contributed by atoms with E-state index in [0.717, 1.165) is 19.4 Å². The van der Waals surface area contributed by atoms with E-state index in [9.17, 15) is 9.90 Å². The van der Waals surface area contributed by atoms with Crippen molar-refractivity contribution in [1.29, 1.82) is 0 Å². The summed E-state index contributed by atoms with van der Waals surface area (Å²) >= 11 is 0. The van der Waals surface area contributed by atoms with Crippen LogP contribution in [0.4, 0.5) is 0 Å². The second-order valence-corrected chi connectivity index (χ2v) is 6.01. The third-order valence-corrected chi connectivity index (χ3v) is 3.91. The number of carboxylic acid groups (broad SMARTS) is 1. The number of carboxylic acids is 1. The molecule has 0 aromatic carbocycles. The van der Waals surface area contributed by atoms with Crippen LogP contribution in [0.15, 0.2) is 0 Å². The molecule has 0 saturated carbocycles. The molecule has 0 aliphatic rings. The summed E-state index contributed by atoms with van der Waals surface area (Å²) < 4.78 is 0. The van der Waals surface area contributed by atoms with Gasteiger partial charge in [0.25, 0.3) is 0 Å². The molecule has 0 radical (unpaired) electrons. The van der Waals surface area contributed by atoms with Gasteiger partial charge in [0.15, 0.2) is 0 Å². The number of aliphatic carboxylic acids is 1. The number of hydrogen-bond acceptors (Lipinski definition) is 2. The maximum absolute atomic E-state index is 11.4. The second-order valence-electron chi connectivity index (χ2n) is 6.01. The highest BCUT2D eigenvalue weighted by atomic mass is 16.4. The van der Waals surface area contributed by atoms with Gasteiger partial charge in [-0.15, -0.1) is 0 Å². The molecule has 0 bridgehead atoms. The molecule has 0 aliphatic heterocycles. The van der Waals surface area contributed by atoms with Gasteiger partial charge in [0.1, 0.15) is 0 Å². The van der Waals surface area contributed by atoms with Crippen molar-refractivity contribution in [3.63, 3.8) is 0 Å². The van der Waals surface area contributed by atoms with Gasteiger partial charge in [-0.2, -0.15) is 0 Å². The summed E-state index contributed by atoms with van der Waals surface area (Å²) in [7, 11) is 0. The summed E-state index contributed by atoms with van der Waals surface area (Å²) in [5, 5.41) is 9.42. The van der Waals surface area contributed by atoms with Gasteiger partial charge in [-0.05, 0) is 32.1 Å². The van der Waals surface area contributed by atoms with Crippen molar-refractivity contribution < 1.29 is 9.90 Å². The van der Waals surface area contributed by atoms with E-state index in [1.807, 2.05) is 13.8 Å². The van der Waals surface area contributed by atoms with Crippen LogP contribution in [-0.4, -0.2) is 35.1 Å². The Morgan fingerprint density at radius 3 is 2.00 bits per heavy atom. The van der Waals surface area contributed by atoms with Crippen LogP contribution < -0.4 is 0 Å². The summed E-state index contributed by atoms with van der Waals surface area (Å²) in [5.41, 5.74) is -0.628. The quantitative estimate of drug-likeness (QED) is 0.685. The SMILES string of the molecule is CCC(CC)N(CC(C)C)CC(C)(CC)C(=O)O. The third-order valence-electron chi connectivity index (χ3n) is 3.91. The zero-order chi connectivity index (χ0) is 14.3. The monoisotopic (exact) mass is 257 g/mol. The van der Waals surface area contributed by atoms with Crippen LogP contribution in [-0.2, 0) is 4.79 Å². The molecule has 1 atom stereocenters. The summed E-state index contributed by atoms with van der Waals surface area (Å²) in [6, 6.07) is 0.498. The van der Waals surface area contributed by atoms with Gasteiger partial charge in [-0.3, -0.25) is 9.69 Å². The molecule has 1 N–H and O–H groups in total. The summed E-state index contributed by atoms with van der Waals surface area (Å²) in [4.78, 5) is 13.8. The highest BCUT2D eigenvalue weighted by Crippen LogP contribution is 2.26. The van der Waals surface area contributed by atoms with E-state index in [0.29, 0.717) is 24.9 Å². The van der Waals surface area contributed by atoms with Crippen molar-refractivity contribution in [2.24, 2.45) is 11.3 Å². The molecule has 1 unspecified atom stereocenters. The normalized spacial score (nSPS) is 15.4. The predicted octanol–water partition coefficient (Wildman–Crippen LogP) is 3.63. The van der Waals surface area contributed by atoms with Crippen LogP contribution in [0.5, 0.6) is 0 Å². The molecule has 0 rings (SSSR count). The predicted molar refractivity (Wildman–Crippen MR) is 76.8 cm³/mol. The van der Waals surface area contributed by atoms with Crippen LogP contribution in [0.3, 0.4) is 0 Å². The molecular formula is C15H31NO2. The molecule has 0 aliphatic carbocycles. The molecule has 3 heteroatoms. The van der Waals surface area contributed by atoms with E-state index < -0.39 is 11.4 Å². The average Bonchev–Trinajstić information content (AvgIpc) is 2.29. The van der Waals surface area contributed by atoms with Crippen LogP contribution in [0.25, 0.3) is 0 Å². The van der Waals surface area contributed by atoms with Crippen molar-refractivity contribution in [1.82, 2.24) is 4.90 Å². The molecule has 0 aromatic heterocycles. The van der Waals surface area contributed by atoms with Crippen molar-refractivity contribution in [3.8, 4) is 0 Å². The molecule has 0 amide bonds. The first-order valence-electron chi connectivity index (χ1n) is 7.28. The molecule has 0 heterocycles. The van der Waals surface area contributed by atoms with Gasteiger partial charge >= 0.3 is 5.97 Å². The van der Waals surface area contributed by atoms with E-state index in [1.54, 1.807) is 0 Å². The van der Waals surface area contributed by atoms with Gasteiger partial charge in [0.2, 0.25) is 0 Å². The second kappa shape index (κ2) is 7.78. The smallest absolute Gasteiger partial charge is 0.310 e. The molecule has 0 spiro atoms. The minimum atomic E-state index is -0.676. The fourth-order valence-electron chi connectivity index (χ4n) is 2.40. The molecular weight excluding hydrogens is 226 g/mol. The van der Waals surface area contributed by atoms with Gasteiger partial charge < -0.3 is 5.11 Å². The Labute approximate surface area is 113 Å². The van der Waals surface area contributed by atoms with Crippen molar-refractivity contribution in [3.05, 3.63) is 0 Å². The Kier molecular flexibility index (Phi) is 7.53. The van der Waals surface area contributed by atoms with E-state index >= 15 is 0 Å². The molecule has 0 fully saturated rings. The van der Waals surface area contributed by atoms with Gasteiger partial charge in [-0.1, -0.05) is 34.6 Å². The Hall–Kier alpha value is -0.570. The van der Waals surface area contributed by atoms with Crippen LogP contribution in [0.1, 0.15) is 60.8 Å². The zero-order valence-corrected chi connectivity index (χ0v) is 13.0. The van der Waals surface area contributed by atoms with E-state index in [1.165, 1.54) is 0 Å². The van der Waals surface area contributed by atoms with Gasteiger partial charge in [0, 0.05) is 19.1 Å². The molecule has 0 aromatic rings. The van der Waals surface area contributed by atoms with Crippen LogP contribution in [0.2, 0.25) is 0 Å². The maximum Gasteiger partial charge on any atom is 0.310 e. The Bertz CT molecular complexity index is 249. The van der Waals surface area contributed by atoms with Crippen molar-refractivity contribution in [2.75, 3.05) is 13.1 Å². The first kappa shape index (κ1) is 17.4. The van der Waals surface area contributed by atoms with E-state index in [4.69, 9.17) is 0 Å². The van der Waals surface area contributed by atoms with E-state index in [2.05, 4.69) is 32.6 Å². The fraction of sp³-hybridized carbons (Fsp3) is 0.933. The average molecular weight is 257 g/mol. The van der Waals surface area contributed by atoms with Gasteiger partial charge in [0.05, 0.1) is 5.41 Å². The van der Waals surface area contributed by atoms with Gasteiger partial charge in [-0.25, -0.2) is 0 Å². The summed E-state index contributed by atoms with van der Waals surface area (Å²) in [5.74, 6) is -0.106. The first-order valence-corrected chi connectivity index (χ1v) is 7.28. The number of hydrogen-bond donors (Lipinski definition) is 1. The lowest BCUT2D eigenvalue weighted by Gasteiger charge is -2.37. The number of carbonyl (C=O) groups is 1. The number of rotatable bonds is 9. The third kappa shape index (κ3) is 4.97. The largest absolute Gasteiger partial charge is 0.481 e. The standard InChI is InChI=1S/C15H31NO2/c1-7-13(8-2)16(10-12(4)5)11-15(6,9-3)14(17)18/h12-13H,7-11H2,1-6H3,(H,17,18).